The normalized spacial score (nSPS) is 24.1. The summed E-state index contributed by atoms with van der Waals surface area (Å²) in [5.74, 6) is 0. The van der Waals surface area contributed by atoms with E-state index in [9.17, 15) is 13.2 Å². The number of piperidine rings is 1. The monoisotopic (exact) mass is 471 g/mol. The third-order valence-electron chi connectivity index (χ3n) is 6.91. The van der Waals surface area contributed by atoms with Gasteiger partial charge in [0.25, 0.3) is 0 Å². The topological polar surface area (TPSA) is 54.7 Å². The second-order valence-corrected chi connectivity index (χ2v) is 9.32. The van der Waals surface area contributed by atoms with Crippen LogP contribution in [0.3, 0.4) is 0 Å². The van der Waals surface area contributed by atoms with Gasteiger partial charge in [0.1, 0.15) is 11.6 Å². The standard InChI is InChI=1S/C25H28F3N5O/c1-17(18-4-3-5-21(12-18)25(26,27)28)34-33-11-8-23-24(33,2)13-19(14-30-23)20-15-31-32(16-20)22-6-9-29-10-7-22/h3-5,8,11-12,14-17,22,29H,6-7,9-10,13H2,1-2H3. The molecule has 2 unspecified atom stereocenters. The maximum absolute atomic E-state index is 13.1. The van der Waals surface area contributed by atoms with E-state index in [-0.39, 0.29) is 0 Å². The van der Waals surface area contributed by atoms with Crippen LogP contribution in [0.4, 0.5) is 13.2 Å². The third-order valence-corrected chi connectivity index (χ3v) is 6.91. The molecule has 0 radical (unpaired) electrons. The Labute approximate surface area is 196 Å². The van der Waals surface area contributed by atoms with Crippen LogP contribution < -0.4 is 5.32 Å². The molecule has 2 atom stereocenters. The lowest BCUT2D eigenvalue weighted by molar-refractivity contribution is -0.193. The van der Waals surface area contributed by atoms with Gasteiger partial charge in [-0.3, -0.25) is 14.5 Å². The molecule has 1 saturated heterocycles. The zero-order chi connectivity index (χ0) is 23.9. The summed E-state index contributed by atoms with van der Waals surface area (Å²) in [5.41, 5.74) is 2.16. The van der Waals surface area contributed by atoms with Crippen LogP contribution >= 0.6 is 0 Å². The highest BCUT2D eigenvalue weighted by atomic mass is 19.4. The molecule has 3 aliphatic heterocycles. The Morgan fingerprint density at radius 2 is 2.03 bits per heavy atom. The van der Waals surface area contributed by atoms with E-state index >= 15 is 0 Å². The molecule has 4 heterocycles. The summed E-state index contributed by atoms with van der Waals surface area (Å²) in [6.07, 6.45) is 7.34. The van der Waals surface area contributed by atoms with Crippen molar-refractivity contribution >= 4 is 11.3 Å². The van der Waals surface area contributed by atoms with Crippen molar-refractivity contribution in [1.82, 2.24) is 20.2 Å². The number of aliphatic imine (C=N–C) groups is 1. The quantitative estimate of drug-likeness (QED) is 0.644. The number of hydrogen-bond donors (Lipinski definition) is 1. The molecule has 1 N–H and O–H groups in total. The third kappa shape index (κ3) is 4.30. The zero-order valence-corrected chi connectivity index (χ0v) is 19.2. The van der Waals surface area contributed by atoms with E-state index in [0.717, 1.165) is 54.9 Å². The first-order chi connectivity index (χ1) is 16.2. The van der Waals surface area contributed by atoms with Gasteiger partial charge in [-0.25, -0.2) is 5.06 Å². The fraction of sp³-hybridized carbons (Fsp3) is 0.440. The van der Waals surface area contributed by atoms with Gasteiger partial charge in [-0.1, -0.05) is 12.1 Å². The van der Waals surface area contributed by atoms with E-state index in [2.05, 4.69) is 26.3 Å². The number of benzene rings is 1. The minimum Gasteiger partial charge on any atom is -0.317 e. The van der Waals surface area contributed by atoms with Crippen molar-refractivity contribution in [3.8, 4) is 0 Å². The molecule has 0 aliphatic carbocycles. The summed E-state index contributed by atoms with van der Waals surface area (Å²) in [6, 6.07) is 5.67. The number of rotatable bonds is 5. The Balaban J connectivity index is 1.32. The van der Waals surface area contributed by atoms with Crippen LogP contribution in [0.1, 0.15) is 61.9 Å². The highest BCUT2D eigenvalue weighted by Crippen LogP contribution is 2.40. The molecule has 3 aliphatic rings. The van der Waals surface area contributed by atoms with Crippen molar-refractivity contribution in [3.63, 3.8) is 0 Å². The average Bonchev–Trinajstić information content (AvgIpc) is 3.44. The second kappa shape index (κ2) is 8.70. The molecule has 1 aromatic carbocycles. The smallest absolute Gasteiger partial charge is 0.317 e. The first-order valence-corrected chi connectivity index (χ1v) is 11.6. The molecule has 34 heavy (non-hydrogen) atoms. The first kappa shape index (κ1) is 22.9. The predicted octanol–water partition coefficient (Wildman–Crippen LogP) is 5.29. The van der Waals surface area contributed by atoms with Gasteiger partial charge < -0.3 is 5.32 Å². The highest BCUT2D eigenvalue weighted by molar-refractivity contribution is 6.07. The molecule has 9 heteroatoms. The number of hydroxylamine groups is 2. The number of nitrogens with zero attached hydrogens (tertiary/aromatic N) is 4. The Hall–Kier alpha value is -2.91. The molecular weight excluding hydrogens is 443 g/mol. The van der Waals surface area contributed by atoms with Crippen LogP contribution in [0.25, 0.3) is 5.57 Å². The van der Waals surface area contributed by atoms with Crippen LogP contribution in [-0.2, 0) is 11.0 Å². The lowest BCUT2D eigenvalue weighted by atomic mass is 9.86. The van der Waals surface area contributed by atoms with Crippen molar-refractivity contribution in [3.05, 3.63) is 71.8 Å². The summed E-state index contributed by atoms with van der Waals surface area (Å²) < 4.78 is 41.5. The van der Waals surface area contributed by atoms with Crippen LogP contribution in [-0.4, -0.2) is 39.2 Å². The maximum atomic E-state index is 13.1. The minimum atomic E-state index is -4.39. The van der Waals surface area contributed by atoms with E-state index in [1.807, 2.05) is 25.4 Å². The molecule has 0 amide bonds. The molecule has 180 valence electrons. The number of aromatic nitrogens is 2. The number of fused-ring (bicyclic) bond motifs is 1. The van der Waals surface area contributed by atoms with Gasteiger partial charge in [-0.2, -0.15) is 18.3 Å². The summed E-state index contributed by atoms with van der Waals surface area (Å²) in [7, 11) is 0. The van der Waals surface area contributed by atoms with Gasteiger partial charge in [-0.05, 0) is 69.1 Å². The Kier molecular flexibility index (Phi) is 5.85. The molecule has 0 spiro atoms. The largest absolute Gasteiger partial charge is 0.416 e. The van der Waals surface area contributed by atoms with Gasteiger partial charge in [0, 0.05) is 30.6 Å². The van der Waals surface area contributed by atoms with Crippen molar-refractivity contribution in [2.24, 2.45) is 4.99 Å². The van der Waals surface area contributed by atoms with E-state index in [4.69, 9.17) is 4.84 Å². The molecule has 5 rings (SSSR count). The van der Waals surface area contributed by atoms with Gasteiger partial charge in [-0.15, -0.1) is 0 Å². The lowest BCUT2D eigenvalue weighted by Crippen LogP contribution is -2.46. The molecule has 0 bridgehead atoms. The van der Waals surface area contributed by atoms with Crippen LogP contribution in [0.2, 0.25) is 0 Å². The van der Waals surface area contributed by atoms with Crippen LogP contribution in [0.15, 0.2) is 60.1 Å². The van der Waals surface area contributed by atoms with Crippen molar-refractivity contribution in [2.45, 2.75) is 57.0 Å². The van der Waals surface area contributed by atoms with E-state index in [1.54, 1.807) is 24.3 Å². The Bertz CT molecular complexity index is 1150. The molecule has 1 aromatic heterocycles. The van der Waals surface area contributed by atoms with Gasteiger partial charge in [0.2, 0.25) is 0 Å². The number of nitrogens with one attached hydrogen (secondary N) is 1. The Morgan fingerprint density at radius 1 is 1.24 bits per heavy atom. The van der Waals surface area contributed by atoms with E-state index in [0.29, 0.717) is 18.0 Å². The SMILES string of the molecule is CC(ON1C=CC2=NC=C(c3cnn(C4CCNCC4)c3)CC21C)c1cccc(C(F)(F)F)c1. The number of hydrogen-bond acceptors (Lipinski definition) is 5. The molecule has 6 nitrogen and oxygen atoms in total. The van der Waals surface area contributed by atoms with Crippen LogP contribution in [0, 0.1) is 0 Å². The van der Waals surface area contributed by atoms with E-state index < -0.39 is 23.4 Å². The number of halogens is 3. The molecular formula is C25H28F3N5O. The van der Waals surface area contributed by atoms with Crippen molar-refractivity contribution in [2.75, 3.05) is 13.1 Å². The number of alkyl halides is 3. The van der Waals surface area contributed by atoms with Gasteiger partial charge in [0.15, 0.2) is 0 Å². The van der Waals surface area contributed by atoms with Gasteiger partial charge >= 0.3 is 6.18 Å². The fourth-order valence-corrected chi connectivity index (χ4v) is 4.81. The average molecular weight is 472 g/mol. The second-order valence-electron chi connectivity index (χ2n) is 9.32. The molecule has 2 aromatic rings. The minimum absolute atomic E-state index is 0.398. The molecule has 0 saturated carbocycles. The van der Waals surface area contributed by atoms with Crippen molar-refractivity contribution in [1.29, 1.82) is 0 Å². The highest BCUT2D eigenvalue weighted by Gasteiger charge is 2.43. The summed E-state index contributed by atoms with van der Waals surface area (Å²) in [5, 5.41) is 9.70. The van der Waals surface area contributed by atoms with Crippen molar-refractivity contribution < 1.29 is 18.0 Å². The van der Waals surface area contributed by atoms with E-state index in [1.165, 1.54) is 6.07 Å². The molecule has 1 fully saturated rings. The summed E-state index contributed by atoms with van der Waals surface area (Å²) >= 11 is 0. The van der Waals surface area contributed by atoms with Crippen LogP contribution in [0.5, 0.6) is 0 Å². The maximum Gasteiger partial charge on any atom is 0.416 e. The summed E-state index contributed by atoms with van der Waals surface area (Å²) in [6.45, 7) is 5.78. The fourth-order valence-electron chi connectivity index (χ4n) is 4.81. The Morgan fingerprint density at radius 3 is 2.79 bits per heavy atom. The zero-order valence-electron chi connectivity index (χ0n) is 19.2. The van der Waals surface area contributed by atoms with Gasteiger partial charge in [0.05, 0.1) is 23.5 Å². The lowest BCUT2D eigenvalue weighted by Gasteiger charge is -2.39. The first-order valence-electron chi connectivity index (χ1n) is 11.6. The summed E-state index contributed by atoms with van der Waals surface area (Å²) in [4.78, 5) is 10.8. The predicted molar refractivity (Wildman–Crippen MR) is 124 cm³/mol.